The molecule has 0 fully saturated rings. The van der Waals surface area contributed by atoms with Crippen molar-refractivity contribution < 1.29 is 14.3 Å². The Hall–Kier alpha value is -1.83. The summed E-state index contributed by atoms with van der Waals surface area (Å²) in [5.41, 5.74) is 4.81. The maximum Gasteiger partial charge on any atom is 0.306 e. The fraction of sp³-hybridized carbons (Fsp3) is 0.769. The van der Waals surface area contributed by atoms with Gasteiger partial charge in [0, 0.05) is 12.8 Å². The zero-order chi connectivity index (χ0) is 15.9. The monoisotopic (exact) mass is 297 g/mol. The van der Waals surface area contributed by atoms with Gasteiger partial charge in [-0.2, -0.15) is 0 Å². The maximum absolute atomic E-state index is 11.5. The number of tetrazole rings is 1. The number of ketones is 1. The average molecular weight is 297 g/mol. The van der Waals surface area contributed by atoms with E-state index in [4.69, 9.17) is 10.5 Å². The van der Waals surface area contributed by atoms with Gasteiger partial charge in [0.15, 0.2) is 11.6 Å². The molecule has 0 aliphatic carbocycles. The number of rotatable bonds is 8. The Morgan fingerprint density at radius 3 is 2.62 bits per heavy atom. The minimum atomic E-state index is -0.455. The van der Waals surface area contributed by atoms with Crippen LogP contribution in [0.15, 0.2) is 0 Å². The third-order valence-electron chi connectivity index (χ3n) is 2.61. The molecular weight excluding hydrogens is 274 g/mol. The second-order valence-electron chi connectivity index (χ2n) is 5.79. The summed E-state index contributed by atoms with van der Waals surface area (Å²) in [5.74, 6) is 0.290. The molecule has 1 heterocycles. The van der Waals surface area contributed by atoms with Crippen LogP contribution in [0.4, 0.5) is 0 Å². The molecule has 8 nitrogen and oxygen atoms in total. The summed E-state index contributed by atoms with van der Waals surface area (Å²) in [4.78, 5) is 22.8. The van der Waals surface area contributed by atoms with Crippen molar-refractivity contribution in [2.24, 2.45) is 5.73 Å². The molecule has 0 bridgehead atoms. The number of aryl methyl sites for hydroxylation is 1. The Morgan fingerprint density at radius 1 is 1.29 bits per heavy atom. The fourth-order valence-electron chi connectivity index (χ4n) is 1.70. The summed E-state index contributed by atoms with van der Waals surface area (Å²) in [6.07, 6.45) is 2.40. The van der Waals surface area contributed by atoms with Crippen molar-refractivity contribution >= 4 is 11.8 Å². The molecule has 0 aliphatic rings. The number of hydrogen-bond acceptors (Lipinski definition) is 7. The molecule has 118 valence electrons. The van der Waals surface area contributed by atoms with Gasteiger partial charge < -0.3 is 10.5 Å². The van der Waals surface area contributed by atoms with Crippen molar-refractivity contribution in [1.82, 2.24) is 20.2 Å². The Labute approximate surface area is 124 Å². The molecule has 1 aromatic heterocycles. The van der Waals surface area contributed by atoms with Gasteiger partial charge in [-0.25, -0.2) is 4.68 Å². The number of carbonyl (C=O) groups excluding carboxylic acids is 2. The summed E-state index contributed by atoms with van der Waals surface area (Å²) >= 11 is 0. The SMILES string of the molecule is CC(C)(C)OC(=O)CCCCc1nnnn1CC(=O)CN. The fourth-order valence-corrected chi connectivity index (χ4v) is 1.70. The van der Waals surface area contributed by atoms with Crippen LogP contribution in [0.25, 0.3) is 0 Å². The minimum absolute atomic E-state index is 0.0298. The third-order valence-corrected chi connectivity index (χ3v) is 2.61. The van der Waals surface area contributed by atoms with E-state index >= 15 is 0 Å². The molecule has 0 aliphatic heterocycles. The van der Waals surface area contributed by atoms with Crippen LogP contribution in [-0.2, 0) is 27.3 Å². The molecular formula is C13H23N5O3. The first-order valence-electron chi connectivity index (χ1n) is 7.00. The predicted octanol–water partition coefficient (Wildman–Crippen LogP) is 0.255. The second-order valence-corrected chi connectivity index (χ2v) is 5.79. The van der Waals surface area contributed by atoms with E-state index in [2.05, 4.69) is 15.5 Å². The summed E-state index contributed by atoms with van der Waals surface area (Å²) in [6.45, 7) is 5.58. The van der Waals surface area contributed by atoms with Crippen LogP contribution in [0.3, 0.4) is 0 Å². The van der Waals surface area contributed by atoms with E-state index < -0.39 is 5.60 Å². The molecule has 0 saturated carbocycles. The highest BCUT2D eigenvalue weighted by atomic mass is 16.6. The number of carbonyl (C=O) groups is 2. The van der Waals surface area contributed by atoms with Crippen LogP contribution < -0.4 is 5.73 Å². The Morgan fingerprint density at radius 2 is 2.00 bits per heavy atom. The van der Waals surface area contributed by atoms with E-state index in [1.807, 2.05) is 20.8 Å². The Bertz CT molecular complexity index is 478. The van der Waals surface area contributed by atoms with Gasteiger partial charge in [0.1, 0.15) is 12.1 Å². The molecule has 1 rings (SSSR count). The van der Waals surface area contributed by atoms with Gasteiger partial charge in [-0.05, 0) is 44.0 Å². The standard InChI is InChI=1S/C13H23N5O3/c1-13(2,3)21-12(20)7-5-4-6-11-15-16-17-18(11)9-10(19)8-14/h4-9,14H2,1-3H3. The Kier molecular flexibility index (Phi) is 6.41. The smallest absolute Gasteiger partial charge is 0.306 e. The van der Waals surface area contributed by atoms with E-state index in [-0.39, 0.29) is 24.8 Å². The molecule has 0 unspecified atom stereocenters. The first kappa shape index (κ1) is 17.2. The van der Waals surface area contributed by atoms with E-state index in [1.165, 1.54) is 4.68 Å². The highest BCUT2D eigenvalue weighted by molar-refractivity contribution is 5.79. The molecule has 0 spiro atoms. The minimum Gasteiger partial charge on any atom is -0.460 e. The maximum atomic E-state index is 11.5. The summed E-state index contributed by atoms with van der Waals surface area (Å²) < 4.78 is 6.67. The average Bonchev–Trinajstić information content (AvgIpc) is 2.79. The number of aromatic nitrogens is 4. The predicted molar refractivity (Wildman–Crippen MR) is 75.3 cm³/mol. The van der Waals surface area contributed by atoms with Crippen LogP contribution >= 0.6 is 0 Å². The number of Topliss-reactive ketones (excluding diaryl/α,β-unsaturated/α-hetero) is 1. The lowest BCUT2D eigenvalue weighted by Gasteiger charge is -2.19. The van der Waals surface area contributed by atoms with Crippen molar-refractivity contribution in [3.63, 3.8) is 0 Å². The first-order valence-corrected chi connectivity index (χ1v) is 7.00. The second kappa shape index (κ2) is 7.82. The van der Waals surface area contributed by atoms with Crippen LogP contribution in [0.2, 0.25) is 0 Å². The molecule has 0 aromatic carbocycles. The van der Waals surface area contributed by atoms with Crippen molar-refractivity contribution in [3.8, 4) is 0 Å². The number of ether oxygens (including phenoxy) is 1. The molecule has 0 amide bonds. The zero-order valence-electron chi connectivity index (χ0n) is 12.8. The topological polar surface area (TPSA) is 113 Å². The number of unbranched alkanes of at least 4 members (excludes halogenated alkanes) is 1. The van der Waals surface area contributed by atoms with Crippen LogP contribution in [-0.4, -0.2) is 44.1 Å². The molecule has 8 heteroatoms. The number of hydrogen-bond donors (Lipinski definition) is 1. The molecule has 0 saturated heterocycles. The summed E-state index contributed by atoms with van der Waals surface area (Å²) in [6, 6.07) is 0. The van der Waals surface area contributed by atoms with Crippen LogP contribution in [0.1, 0.15) is 45.9 Å². The van der Waals surface area contributed by atoms with Crippen LogP contribution in [0.5, 0.6) is 0 Å². The molecule has 0 radical (unpaired) electrons. The highest BCUT2D eigenvalue weighted by Crippen LogP contribution is 2.10. The molecule has 0 atom stereocenters. The van der Waals surface area contributed by atoms with E-state index in [0.29, 0.717) is 25.1 Å². The van der Waals surface area contributed by atoms with Gasteiger partial charge in [-0.3, -0.25) is 9.59 Å². The number of nitrogens with zero attached hydrogens (tertiary/aromatic N) is 4. The van der Waals surface area contributed by atoms with Crippen LogP contribution in [0, 0.1) is 0 Å². The summed E-state index contributed by atoms with van der Waals surface area (Å²) in [7, 11) is 0. The summed E-state index contributed by atoms with van der Waals surface area (Å²) in [5, 5.41) is 11.2. The number of nitrogens with two attached hydrogens (primary N) is 1. The normalized spacial score (nSPS) is 11.4. The number of esters is 1. The lowest BCUT2D eigenvalue weighted by molar-refractivity contribution is -0.154. The van der Waals surface area contributed by atoms with Crippen molar-refractivity contribution in [1.29, 1.82) is 0 Å². The third kappa shape index (κ3) is 6.94. The van der Waals surface area contributed by atoms with E-state index in [1.54, 1.807) is 0 Å². The first-order chi connectivity index (χ1) is 9.81. The van der Waals surface area contributed by atoms with Crippen molar-refractivity contribution in [2.45, 2.75) is 58.6 Å². The van der Waals surface area contributed by atoms with Gasteiger partial charge in [0.05, 0.1) is 6.54 Å². The highest BCUT2D eigenvalue weighted by Gasteiger charge is 2.16. The Balaban J connectivity index is 2.32. The lowest BCUT2D eigenvalue weighted by Crippen LogP contribution is -2.23. The largest absolute Gasteiger partial charge is 0.460 e. The van der Waals surface area contributed by atoms with Gasteiger partial charge in [-0.15, -0.1) is 5.10 Å². The van der Waals surface area contributed by atoms with Gasteiger partial charge >= 0.3 is 5.97 Å². The van der Waals surface area contributed by atoms with Gasteiger partial charge in [0.2, 0.25) is 0 Å². The van der Waals surface area contributed by atoms with Gasteiger partial charge in [0.25, 0.3) is 0 Å². The zero-order valence-corrected chi connectivity index (χ0v) is 12.8. The molecule has 21 heavy (non-hydrogen) atoms. The molecule has 2 N–H and O–H groups in total. The van der Waals surface area contributed by atoms with Gasteiger partial charge in [-0.1, -0.05) is 0 Å². The lowest BCUT2D eigenvalue weighted by atomic mass is 10.1. The molecule has 1 aromatic rings. The van der Waals surface area contributed by atoms with E-state index in [0.717, 1.165) is 6.42 Å². The quantitative estimate of drug-likeness (QED) is 0.540. The van der Waals surface area contributed by atoms with Crippen molar-refractivity contribution in [2.75, 3.05) is 6.54 Å². The van der Waals surface area contributed by atoms with Crippen molar-refractivity contribution in [3.05, 3.63) is 5.82 Å². The van der Waals surface area contributed by atoms with E-state index in [9.17, 15) is 9.59 Å².